The highest BCUT2D eigenvalue weighted by Gasteiger charge is 2.67. The van der Waals surface area contributed by atoms with Crippen LogP contribution in [0, 0.1) is 0 Å². The van der Waals surface area contributed by atoms with Crippen LogP contribution >= 0.6 is 0 Å². The fraction of sp³-hybridized carbons (Fsp3) is 0.692. The molecule has 2 N–H and O–H groups in total. The van der Waals surface area contributed by atoms with E-state index in [0.717, 1.165) is 11.0 Å². The second-order valence-electron chi connectivity index (χ2n) is 13.1. The Morgan fingerprint density at radius 3 is 2.03 bits per heavy atom. The second-order valence-corrected chi connectivity index (χ2v) is 24.1. The molecule has 4 atom stereocenters. The van der Waals surface area contributed by atoms with Crippen LogP contribution < -0.4 is 5.73 Å². The van der Waals surface area contributed by atoms with E-state index in [9.17, 15) is 8.42 Å². The maximum Gasteiger partial charge on any atom is 0.292 e. The van der Waals surface area contributed by atoms with E-state index in [1.165, 1.54) is 0 Å². The minimum absolute atomic E-state index is 0.0471. The fourth-order valence-electron chi connectivity index (χ4n) is 3.86. The Balaban J connectivity index is 2.03. The van der Waals surface area contributed by atoms with Crippen LogP contribution in [0.25, 0.3) is 0 Å². The first-order valence-electron chi connectivity index (χ1n) is 12.8. The maximum absolute atomic E-state index is 12.8. The number of rotatable bonds is 8. The molecule has 1 unspecified atom stereocenters. The quantitative estimate of drug-likeness (QED) is 0.334. The summed E-state index contributed by atoms with van der Waals surface area (Å²) >= 11 is 0. The molecule has 1 aromatic rings. The largest absolute Gasteiger partial charge is 0.414 e. The number of hydrogen-bond donors (Lipinski definition) is 1. The molecule has 0 bridgehead atoms. The predicted molar refractivity (Wildman–Crippen MR) is 150 cm³/mol. The van der Waals surface area contributed by atoms with Gasteiger partial charge in [0, 0.05) is 0 Å². The van der Waals surface area contributed by atoms with E-state index >= 15 is 0 Å². The maximum atomic E-state index is 12.8. The molecule has 2 heterocycles. The molecule has 0 saturated carbocycles. The van der Waals surface area contributed by atoms with Gasteiger partial charge in [0.25, 0.3) is 10.1 Å². The van der Waals surface area contributed by atoms with Crippen LogP contribution in [0.2, 0.25) is 36.3 Å². The van der Waals surface area contributed by atoms with Crippen molar-refractivity contribution in [3.63, 3.8) is 0 Å². The molecule has 37 heavy (non-hydrogen) atoms. The second kappa shape index (κ2) is 10.2. The third-order valence-corrected chi connectivity index (χ3v) is 18.3. The number of ether oxygens (including phenoxy) is 2. The van der Waals surface area contributed by atoms with Gasteiger partial charge >= 0.3 is 0 Å². The summed E-state index contributed by atoms with van der Waals surface area (Å²) in [4.78, 5) is 0. The Bertz CT molecular complexity index is 1090. The van der Waals surface area contributed by atoms with Crippen molar-refractivity contribution in [3.8, 4) is 0 Å². The van der Waals surface area contributed by atoms with Crippen molar-refractivity contribution in [3.05, 3.63) is 47.0 Å². The SMILES string of the molecule is CC(C)(C)[Si](C)(C)OC[C@H]1O[C@@H](OCc2ccccc2)[C@H](O[Si](C)(C)C(C)(C)C)C12OS(=O)(=O)C=C2N. The molecule has 0 amide bonds. The predicted octanol–water partition coefficient (Wildman–Crippen LogP) is 5.24. The van der Waals surface area contributed by atoms with Crippen molar-refractivity contribution in [2.45, 2.75) is 109 Å². The summed E-state index contributed by atoms with van der Waals surface area (Å²) in [7, 11) is -8.71. The highest BCUT2D eigenvalue weighted by atomic mass is 32.2. The van der Waals surface area contributed by atoms with Gasteiger partial charge in [-0.05, 0) is 41.8 Å². The molecule has 2 aliphatic heterocycles. The van der Waals surface area contributed by atoms with Gasteiger partial charge in [0.05, 0.1) is 24.3 Å². The first-order chi connectivity index (χ1) is 16.7. The number of hydrogen-bond acceptors (Lipinski definition) is 8. The van der Waals surface area contributed by atoms with Gasteiger partial charge in [0.15, 0.2) is 28.5 Å². The highest BCUT2D eigenvalue weighted by Crippen LogP contribution is 2.49. The molecule has 1 saturated heterocycles. The normalized spacial score (nSPS) is 28.6. The molecule has 1 aromatic carbocycles. The third kappa shape index (κ3) is 6.24. The van der Waals surface area contributed by atoms with Gasteiger partial charge in [0.1, 0.15) is 12.2 Å². The molecule has 0 aliphatic carbocycles. The minimum Gasteiger partial charge on any atom is -0.414 e. The van der Waals surface area contributed by atoms with Crippen LogP contribution in [-0.4, -0.2) is 55.8 Å². The average molecular weight is 572 g/mol. The average Bonchev–Trinajstić information content (AvgIpc) is 3.16. The van der Waals surface area contributed by atoms with Crippen molar-refractivity contribution < 1.29 is 30.9 Å². The molecule has 210 valence electrons. The zero-order valence-corrected chi connectivity index (χ0v) is 26.8. The van der Waals surface area contributed by atoms with Gasteiger partial charge in [-0.25, -0.2) is 4.18 Å². The molecular weight excluding hydrogens is 527 g/mol. The highest BCUT2D eigenvalue weighted by molar-refractivity contribution is 7.90. The molecule has 0 aromatic heterocycles. The van der Waals surface area contributed by atoms with Crippen molar-refractivity contribution in [2.75, 3.05) is 6.61 Å². The Kier molecular flexibility index (Phi) is 8.37. The van der Waals surface area contributed by atoms with E-state index in [1.54, 1.807) is 0 Å². The number of nitrogens with two attached hydrogens (primary N) is 1. The van der Waals surface area contributed by atoms with Crippen molar-refractivity contribution >= 4 is 26.8 Å². The minimum atomic E-state index is -4.05. The van der Waals surface area contributed by atoms with E-state index in [2.05, 4.69) is 67.7 Å². The van der Waals surface area contributed by atoms with Crippen LogP contribution in [0.3, 0.4) is 0 Å². The van der Waals surface area contributed by atoms with Gasteiger partial charge in [-0.15, -0.1) is 0 Å². The van der Waals surface area contributed by atoms with E-state index in [-0.39, 0.29) is 29.0 Å². The van der Waals surface area contributed by atoms with Gasteiger partial charge < -0.3 is 24.1 Å². The first-order valence-corrected chi connectivity index (χ1v) is 20.1. The zero-order chi connectivity index (χ0) is 28.1. The Hall–Kier alpha value is -1.06. The number of benzene rings is 1. The summed E-state index contributed by atoms with van der Waals surface area (Å²) in [6.07, 6.45) is -2.66. The molecule has 1 spiro atoms. The smallest absolute Gasteiger partial charge is 0.292 e. The lowest BCUT2D eigenvalue weighted by Gasteiger charge is -2.43. The summed E-state index contributed by atoms with van der Waals surface area (Å²) in [5.41, 5.74) is 5.88. The Morgan fingerprint density at radius 1 is 0.973 bits per heavy atom. The lowest BCUT2D eigenvalue weighted by molar-refractivity contribution is -0.172. The van der Waals surface area contributed by atoms with Gasteiger partial charge in [-0.3, -0.25) is 0 Å². The standard InChI is InChI=1S/C26H45NO7SSi2/c1-24(2,3)36(7,8)31-17-21-26(20(27)18-35(28,29)34-26)22(33-37(9,10)25(4,5)6)23(32-21)30-16-19-14-12-11-13-15-19/h11-15,18,21-23H,16-17,27H2,1-10H3/t21-,22+,23-,26?/m1/s1. The van der Waals surface area contributed by atoms with E-state index < -0.39 is 50.9 Å². The first kappa shape index (κ1) is 30.5. The third-order valence-electron chi connectivity index (χ3n) is 8.31. The molecule has 8 nitrogen and oxygen atoms in total. The molecule has 1 fully saturated rings. The van der Waals surface area contributed by atoms with Crippen LogP contribution in [-0.2, 0) is 39.2 Å². The van der Waals surface area contributed by atoms with Gasteiger partial charge in [0.2, 0.25) is 0 Å². The van der Waals surface area contributed by atoms with E-state index in [1.807, 2.05) is 30.3 Å². The van der Waals surface area contributed by atoms with Crippen LogP contribution in [0.15, 0.2) is 41.4 Å². The van der Waals surface area contributed by atoms with Gasteiger partial charge in [-0.1, -0.05) is 71.9 Å². The van der Waals surface area contributed by atoms with Crippen LogP contribution in [0.1, 0.15) is 47.1 Å². The topological polar surface area (TPSA) is 106 Å². The summed E-state index contributed by atoms with van der Waals surface area (Å²) in [6, 6.07) is 9.71. The molecular formula is C26H45NO7SSi2. The monoisotopic (exact) mass is 571 g/mol. The molecule has 2 aliphatic rings. The van der Waals surface area contributed by atoms with Crippen molar-refractivity contribution in [1.29, 1.82) is 0 Å². The Labute approximate surface area is 225 Å². The molecule has 11 heteroatoms. The zero-order valence-electron chi connectivity index (χ0n) is 24.0. The summed E-state index contributed by atoms with van der Waals surface area (Å²) in [5, 5.41) is 0.754. The van der Waals surface area contributed by atoms with Crippen LogP contribution in [0.5, 0.6) is 0 Å². The van der Waals surface area contributed by atoms with E-state index in [4.69, 9.17) is 28.2 Å². The Morgan fingerprint density at radius 2 is 1.54 bits per heavy atom. The van der Waals surface area contributed by atoms with Gasteiger partial charge in [-0.2, -0.15) is 8.42 Å². The summed E-state index contributed by atoms with van der Waals surface area (Å²) in [6.45, 7) is 21.6. The molecule has 3 rings (SSSR count). The summed E-state index contributed by atoms with van der Waals surface area (Å²) < 4.78 is 57.3. The molecule has 0 radical (unpaired) electrons. The van der Waals surface area contributed by atoms with Crippen molar-refractivity contribution in [1.82, 2.24) is 0 Å². The summed E-state index contributed by atoms with van der Waals surface area (Å²) in [5.74, 6) is 0. The fourth-order valence-corrected chi connectivity index (χ4v) is 7.36. The van der Waals surface area contributed by atoms with Crippen LogP contribution in [0.4, 0.5) is 0 Å². The van der Waals surface area contributed by atoms with E-state index in [0.29, 0.717) is 0 Å². The van der Waals surface area contributed by atoms with Crippen molar-refractivity contribution in [2.24, 2.45) is 5.73 Å². The lowest BCUT2D eigenvalue weighted by Crippen LogP contribution is -2.59. The lowest BCUT2D eigenvalue weighted by atomic mass is 9.90.